The second-order valence-electron chi connectivity index (χ2n) is 4.69. The summed E-state index contributed by atoms with van der Waals surface area (Å²) in [5.74, 6) is 0.234. The monoisotopic (exact) mass is 268 g/mol. The van der Waals surface area contributed by atoms with Gasteiger partial charge in [0.2, 0.25) is 0 Å². The zero-order valence-electron chi connectivity index (χ0n) is 12.2. The van der Waals surface area contributed by atoms with Crippen LogP contribution in [0.1, 0.15) is 18.3 Å². The number of methoxy groups -OCH3 is 2. The molecule has 1 unspecified atom stereocenters. The van der Waals surface area contributed by atoms with Crippen molar-refractivity contribution in [2.45, 2.75) is 26.4 Å². The summed E-state index contributed by atoms with van der Waals surface area (Å²) in [4.78, 5) is 6.58. The number of hydrogen-bond donors (Lipinski definition) is 1. The van der Waals surface area contributed by atoms with Gasteiger partial charge in [-0.25, -0.2) is 0 Å². The molecule has 0 radical (unpaired) electrons. The van der Waals surface area contributed by atoms with Crippen LogP contribution in [0.5, 0.6) is 5.75 Å². The third-order valence-electron chi connectivity index (χ3n) is 3.06. The van der Waals surface area contributed by atoms with Crippen molar-refractivity contribution in [1.82, 2.24) is 9.88 Å². The summed E-state index contributed by atoms with van der Waals surface area (Å²) < 4.78 is 10.3. The molecule has 1 N–H and O–H groups in total. The first-order chi connectivity index (χ1) is 9.08. The average molecular weight is 268 g/mol. The van der Waals surface area contributed by atoms with Crippen molar-refractivity contribution in [2.24, 2.45) is 0 Å². The zero-order valence-corrected chi connectivity index (χ0v) is 12.2. The zero-order chi connectivity index (χ0) is 14.3. The molecular formula is C14H24N2O3. The first kappa shape index (κ1) is 15.9. The Morgan fingerprint density at radius 2 is 2.05 bits per heavy atom. The minimum atomic E-state index is 0.234. The van der Waals surface area contributed by atoms with Crippen molar-refractivity contribution in [3.63, 3.8) is 0 Å². The van der Waals surface area contributed by atoms with Gasteiger partial charge in [-0.2, -0.15) is 0 Å². The van der Waals surface area contributed by atoms with Crippen LogP contribution in [0.25, 0.3) is 0 Å². The molecule has 1 aromatic heterocycles. The third kappa shape index (κ3) is 5.14. The molecule has 0 bridgehead atoms. The van der Waals surface area contributed by atoms with Gasteiger partial charge in [-0.3, -0.25) is 9.88 Å². The van der Waals surface area contributed by atoms with E-state index in [9.17, 15) is 5.11 Å². The molecule has 1 heterocycles. The Balaban J connectivity index is 2.77. The number of aromatic hydroxyl groups is 1. The van der Waals surface area contributed by atoms with Crippen LogP contribution in [0, 0.1) is 6.92 Å². The first-order valence-electron chi connectivity index (χ1n) is 6.46. The van der Waals surface area contributed by atoms with E-state index in [1.807, 2.05) is 6.92 Å². The van der Waals surface area contributed by atoms with Crippen LogP contribution in [0.4, 0.5) is 0 Å². The molecular weight excluding hydrogens is 244 g/mol. The Labute approximate surface area is 115 Å². The largest absolute Gasteiger partial charge is 0.506 e. The highest BCUT2D eigenvalue weighted by Crippen LogP contribution is 2.18. The summed E-state index contributed by atoms with van der Waals surface area (Å²) in [6.45, 7) is 6.64. The minimum Gasteiger partial charge on any atom is -0.506 e. The summed E-state index contributed by atoms with van der Waals surface area (Å²) in [6.07, 6.45) is 0. The fourth-order valence-electron chi connectivity index (χ4n) is 1.92. The van der Waals surface area contributed by atoms with Crippen molar-refractivity contribution in [2.75, 3.05) is 34.0 Å². The summed E-state index contributed by atoms with van der Waals surface area (Å²) >= 11 is 0. The molecule has 1 rings (SSSR count). The maximum Gasteiger partial charge on any atom is 0.138 e. The molecule has 0 aromatic carbocycles. The van der Waals surface area contributed by atoms with Gasteiger partial charge >= 0.3 is 0 Å². The average Bonchev–Trinajstić information content (AvgIpc) is 2.38. The van der Waals surface area contributed by atoms with E-state index in [1.165, 1.54) is 0 Å². The topological polar surface area (TPSA) is 54.8 Å². The van der Waals surface area contributed by atoms with E-state index in [1.54, 1.807) is 26.4 Å². The number of nitrogens with zero attached hydrogens (tertiary/aromatic N) is 2. The van der Waals surface area contributed by atoms with Gasteiger partial charge in [0.1, 0.15) is 5.75 Å². The van der Waals surface area contributed by atoms with Crippen molar-refractivity contribution in [3.05, 3.63) is 23.5 Å². The second-order valence-corrected chi connectivity index (χ2v) is 4.69. The van der Waals surface area contributed by atoms with E-state index in [0.717, 1.165) is 12.2 Å². The van der Waals surface area contributed by atoms with E-state index >= 15 is 0 Å². The van der Waals surface area contributed by atoms with Crippen molar-refractivity contribution in [1.29, 1.82) is 0 Å². The molecule has 0 amide bonds. The van der Waals surface area contributed by atoms with Crippen LogP contribution in [-0.4, -0.2) is 55.0 Å². The third-order valence-corrected chi connectivity index (χ3v) is 3.06. The lowest BCUT2D eigenvalue weighted by molar-refractivity contribution is 0.0692. The van der Waals surface area contributed by atoms with Crippen LogP contribution in [0.3, 0.4) is 0 Å². The highest BCUT2D eigenvalue weighted by Gasteiger charge is 2.16. The van der Waals surface area contributed by atoms with E-state index in [4.69, 9.17) is 9.47 Å². The highest BCUT2D eigenvalue weighted by molar-refractivity contribution is 5.27. The van der Waals surface area contributed by atoms with E-state index < -0.39 is 0 Å². The lowest BCUT2D eigenvalue weighted by Crippen LogP contribution is -2.38. The smallest absolute Gasteiger partial charge is 0.138 e. The number of aromatic nitrogens is 1. The first-order valence-corrected chi connectivity index (χ1v) is 6.46. The Bertz CT molecular complexity index is 385. The van der Waals surface area contributed by atoms with Gasteiger partial charge in [0.05, 0.1) is 18.9 Å². The Hall–Kier alpha value is -1.17. The fraction of sp³-hybridized carbons (Fsp3) is 0.643. The minimum absolute atomic E-state index is 0.234. The van der Waals surface area contributed by atoms with E-state index in [-0.39, 0.29) is 11.8 Å². The van der Waals surface area contributed by atoms with E-state index in [0.29, 0.717) is 25.5 Å². The lowest BCUT2D eigenvalue weighted by Gasteiger charge is -2.28. The standard InChI is InChI=1S/C14H24N2O3/c1-11-5-6-14(17)13(15-11)9-16(7-8-18-3)12(2)10-19-4/h5-6,12,17H,7-10H2,1-4H3. The Morgan fingerprint density at radius 1 is 1.32 bits per heavy atom. The second kappa shape index (κ2) is 8.09. The summed E-state index contributed by atoms with van der Waals surface area (Å²) in [6, 6.07) is 3.73. The number of ether oxygens (including phenoxy) is 2. The molecule has 0 fully saturated rings. The molecule has 108 valence electrons. The molecule has 0 saturated carbocycles. The molecule has 0 aliphatic carbocycles. The maximum atomic E-state index is 9.87. The number of aryl methyl sites for hydroxylation is 1. The Morgan fingerprint density at radius 3 is 2.68 bits per heavy atom. The normalized spacial score (nSPS) is 12.9. The van der Waals surface area contributed by atoms with Gasteiger partial charge in [0, 0.05) is 39.0 Å². The van der Waals surface area contributed by atoms with Gasteiger partial charge < -0.3 is 14.6 Å². The fourth-order valence-corrected chi connectivity index (χ4v) is 1.92. The molecule has 0 aliphatic heterocycles. The molecule has 0 aliphatic rings. The summed E-state index contributed by atoms with van der Waals surface area (Å²) in [5, 5.41) is 9.87. The number of rotatable bonds is 8. The maximum absolute atomic E-state index is 9.87. The van der Waals surface area contributed by atoms with Crippen molar-refractivity contribution >= 4 is 0 Å². The van der Waals surface area contributed by atoms with Gasteiger partial charge in [-0.05, 0) is 26.0 Å². The molecule has 1 aromatic rings. The molecule has 0 saturated heterocycles. The van der Waals surface area contributed by atoms with Gasteiger partial charge in [0.25, 0.3) is 0 Å². The number of pyridine rings is 1. The molecule has 0 spiro atoms. The van der Waals surface area contributed by atoms with Crippen LogP contribution in [0.15, 0.2) is 12.1 Å². The van der Waals surface area contributed by atoms with Gasteiger partial charge in [0.15, 0.2) is 0 Å². The Kier molecular flexibility index (Phi) is 6.77. The predicted molar refractivity (Wildman–Crippen MR) is 74.3 cm³/mol. The predicted octanol–water partition coefficient (Wildman–Crippen LogP) is 1.58. The van der Waals surface area contributed by atoms with Gasteiger partial charge in [-0.1, -0.05) is 0 Å². The van der Waals surface area contributed by atoms with Gasteiger partial charge in [-0.15, -0.1) is 0 Å². The highest BCUT2D eigenvalue weighted by atomic mass is 16.5. The van der Waals surface area contributed by atoms with Crippen LogP contribution in [0.2, 0.25) is 0 Å². The quantitative estimate of drug-likeness (QED) is 0.776. The molecule has 1 atom stereocenters. The summed E-state index contributed by atoms with van der Waals surface area (Å²) in [7, 11) is 3.37. The molecule has 5 heteroatoms. The van der Waals surface area contributed by atoms with Crippen LogP contribution in [-0.2, 0) is 16.0 Å². The number of hydrogen-bond acceptors (Lipinski definition) is 5. The van der Waals surface area contributed by atoms with Crippen molar-refractivity contribution < 1.29 is 14.6 Å². The summed E-state index contributed by atoms with van der Waals surface area (Å²) in [5.41, 5.74) is 1.60. The SMILES string of the molecule is COCCN(Cc1nc(C)ccc1O)C(C)COC. The molecule has 5 nitrogen and oxygen atoms in total. The lowest BCUT2D eigenvalue weighted by atomic mass is 10.2. The van der Waals surface area contributed by atoms with Crippen LogP contribution < -0.4 is 0 Å². The molecule has 19 heavy (non-hydrogen) atoms. The van der Waals surface area contributed by atoms with E-state index in [2.05, 4.69) is 16.8 Å². The van der Waals surface area contributed by atoms with Crippen LogP contribution >= 0.6 is 0 Å². The van der Waals surface area contributed by atoms with Crippen molar-refractivity contribution in [3.8, 4) is 5.75 Å².